The molecule has 7 nitrogen and oxygen atoms in total. The van der Waals surface area contributed by atoms with E-state index in [9.17, 15) is 8.42 Å². The summed E-state index contributed by atoms with van der Waals surface area (Å²) >= 11 is 0. The number of benzene rings is 2. The number of nitrogens with one attached hydrogen (secondary N) is 2. The van der Waals surface area contributed by atoms with Gasteiger partial charge in [-0.3, -0.25) is 4.98 Å². The number of fused-ring (bicyclic) bond motifs is 1. The van der Waals surface area contributed by atoms with Crippen molar-refractivity contribution in [2.24, 2.45) is 0 Å². The molecular formula is C24H25N5O2S. The molecule has 2 aromatic carbocycles. The van der Waals surface area contributed by atoms with Crippen molar-refractivity contribution < 1.29 is 8.42 Å². The number of nitrogens with zero attached hydrogens (tertiary/aromatic N) is 3. The molecule has 0 bridgehead atoms. The molecule has 0 fully saturated rings. The van der Waals surface area contributed by atoms with Crippen molar-refractivity contribution in [2.45, 2.75) is 32.2 Å². The van der Waals surface area contributed by atoms with Crippen molar-refractivity contribution in [3.63, 3.8) is 0 Å². The van der Waals surface area contributed by atoms with Gasteiger partial charge in [0.15, 0.2) is 5.82 Å². The van der Waals surface area contributed by atoms with Crippen LogP contribution in [0.25, 0.3) is 22.3 Å². The molecule has 0 spiro atoms. The zero-order valence-electron chi connectivity index (χ0n) is 18.0. The highest BCUT2D eigenvalue weighted by Crippen LogP contribution is 2.25. The van der Waals surface area contributed by atoms with Gasteiger partial charge in [-0.1, -0.05) is 36.4 Å². The van der Waals surface area contributed by atoms with Crippen molar-refractivity contribution in [2.75, 3.05) is 5.32 Å². The Labute approximate surface area is 188 Å². The van der Waals surface area contributed by atoms with E-state index in [-0.39, 0.29) is 11.8 Å². The minimum atomic E-state index is -3.34. The van der Waals surface area contributed by atoms with Gasteiger partial charge in [0.2, 0.25) is 10.0 Å². The number of hydrogen-bond donors (Lipinski definition) is 2. The van der Waals surface area contributed by atoms with Gasteiger partial charge in [-0.15, -0.1) is 0 Å². The van der Waals surface area contributed by atoms with Gasteiger partial charge in [0, 0.05) is 35.9 Å². The topological polar surface area (TPSA) is 96.9 Å². The average molecular weight is 448 g/mol. The van der Waals surface area contributed by atoms with E-state index in [1.807, 2.05) is 74.5 Å². The highest BCUT2D eigenvalue weighted by atomic mass is 32.2. The van der Waals surface area contributed by atoms with E-state index in [1.165, 1.54) is 0 Å². The van der Waals surface area contributed by atoms with E-state index >= 15 is 0 Å². The number of sulfonamides is 1. The highest BCUT2D eigenvalue weighted by molar-refractivity contribution is 7.88. The molecule has 164 valence electrons. The Morgan fingerprint density at radius 2 is 1.56 bits per heavy atom. The molecule has 0 atom stereocenters. The molecule has 2 heterocycles. The lowest BCUT2D eigenvalue weighted by atomic mass is 10.1. The zero-order chi connectivity index (χ0) is 22.6. The predicted molar refractivity (Wildman–Crippen MR) is 127 cm³/mol. The van der Waals surface area contributed by atoms with Crippen LogP contribution in [-0.4, -0.2) is 29.4 Å². The second-order valence-corrected chi connectivity index (χ2v) is 9.60. The van der Waals surface area contributed by atoms with Crippen molar-refractivity contribution in [3.05, 3.63) is 84.2 Å². The summed E-state index contributed by atoms with van der Waals surface area (Å²) in [5.41, 5.74) is 3.52. The molecule has 0 aliphatic rings. The number of pyridine rings is 1. The summed E-state index contributed by atoms with van der Waals surface area (Å²) in [5, 5.41) is 4.35. The molecule has 0 amide bonds. The molecule has 0 radical (unpaired) electrons. The molecule has 32 heavy (non-hydrogen) atoms. The van der Waals surface area contributed by atoms with Crippen LogP contribution in [0.15, 0.2) is 73.1 Å². The molecule has 0 unspecified atom stereocenters. The first-order valence-corrected chi connectivity index (χ1v) is 12.0. The second kappa shape index (κ2) is 9.42. The summed E-state index contributed by atoms with van der Waals surface area (Å²) in [5.74, 6) is 1.34. The van der Waals surface area contributed by atoms with Gasteiger partial charge in [0.05, 0.1) is 11.3 Å². The van der Waals surface area contributed by atoms with Crippen LogP contribution >= 0.6 is 0 Å². The first kappa shape index (κ1) is 21.9. The maximum absolute atomic E-state index is 12.1. The minimum Gasteiger partial charge on any atom is -0.365 e. The normalized spacial score (nSPS) is 11.7. The van der Waals surface area contributed by atoms with Crippen LogP contribution in [0, 0.1) is 0 Å². The molecule has 0 aliphatic carbocycles. The van der Waals surface area contributed by atoms with Crippen molar-refractivity contribution in [1.29, 1.82) is 0 Å². The monoisotopic (exact) mass is 447 g/mol. The summed E-state index contributed by atoms with van der Waals surface area (Å²) in [7, 11) is -3.34. The van der Waals surface area contributed by atoms with Crippen LogP contribution in [0.1, 0.15) is 25.0 Å². The minimum absolute atomic E-state index is 0.0370. The Bertz CT molecular complexity index is 1310. The third kappa shape index (κ3) is 5.46. The lowest BCUT2D eigenvalue weighted by Gasteiger charge is -2.12. The fraction of sp³-hybridized carbons (Fsp3) is 0.208. The standard InChI is InChI=1S/C24H25N5O2S/c1-17(2)29-32(30,31)16-19-9-7-18(8-10-19)15-26-24-21-5-3-4-6-22(21)27-23(28-24)20-11-13-25-14-12-20/h3-14,17,29H,15-16H2,1-2H3,(H,26,27,28). The Morgan fingerprint density at radius 1 is 0.875 bits per heavy atom. The summed E-state index contributed by atoms with van der Waals surface area (Å²) in [6.45, 7) is 4.17. The van der Waals surface area contributed by atoms with Gasteiger partial charge in [0.1, 0.15) is 5.82 Å². The fourth-order valence-corrected chi connectivity index (χ4v) is 4.83. The van der Waals surface area contributed by atoms with E-state index in [0.29, 0.717) is 12.4 Å². The summed E-state index contributed by atoms with van der Waals surface area (Å²) in [6, 6.07) is 19.1. The van der Waals surface area contributed by atoms with Crippen LogP contribution in [0.4, 0.5) is 5.82 Å². The van der Waals surface area contributed by atoms with Crippen LogP contribution in [0.3, 0.4) is 0 Å². The van der Waals surface area contributed by atoms with E-state index in [0.717, 1.165) is 33.4 Å². The molecule has 2 aromatic heterocycles. The first-order chi connectivity index (χ1) is 15.4. The SMILES string of the molecule is CC(C)NS(=O)(=O)Cc1ccc(CNc2nc(-c3ccncc3)nc3ccccc23)cc1. The Morgan fingerprint density at radius 3 is 2.28 bits per heavy atom. The van der Waals surface area contributed by atoms with Gasteiger partial charge in [-0.25, -0.2) is 23.1 Å². The van der Waals surface area contributed by atoms with Crippen molar-refractivity contribution >= 4 is 26.7 Å². The van der Waals surface area contributed by atoms with Crippen molar-refractivity contribution in [3.8, 4) is 11.4 Å². The molecule has 4 aromatic rings. The summed E-state index contributed by atoms with van der Waals surface area (Å²) in [4.78, 5) is 13.5. The number of anilines is 1. The van der Waals surface area contributed by atoms with Crippen LogP contribution in [0.2, 0.25) is 0 Å². The van der Waals surface area contributed by atoms with Crippen LogP contribution in [-0.2, 0) is 22.3 Å². The first-order valence-electron chi connectivity index (χ1n) is 10.4. The molecule has 0 aliphatic heterocycles. The van der Waals surface area contributed by atoms with Gasteiger partial charge >= 0.3 is 0 Å². The van der Waals surface area contributed by atoms with Crippen LogP contribution in [0.5, 0.6) is 0 Å². The van der Waals surface area contributed by atoms with Gasteiger partial charge in [0.25, 0.3) is 0 Å². The predicted octanol–water partition coefficient (Wildman–Crippen LogP) is 4.13. The largest absolute Gasteiger partial charge is 0.365 e. The average Bonchev–Trinajstić information content (AvgIpc) is 2.77. The third-order valence-electron chi connectivity index (χ3n) is 4.80. The van der Waals surface area contributed by atoms with E-state index < -0.39 is 10.0 Å². The molecule has 4 rings (SSSR count). The number of aromatic nitrogens is 3. The fourth-order valence-electron chi connectivity index (χ4n) is 3.40. The number of para-hydroxylation sites is 1. The lowest BCUT2D eigenvalue weighted by Crippen LogP contribution is -2.31. The maximum Gasteiger partial charge on any atom is 0.216 e. The van der Waals surface area contributed by atoms with Crippen LogP contribution < -0.4 is 10.0 Å². The molecule has 2 N–H and O–H groups in total. The molecule has 0 saturated carbocycles. The molecular weight excluding hydrogens is 422 g/mol. The smallest absolute Gasteiger partial charge is 0.216 e. The lowest BCUT2D eigenvalue weighted by molar-refractivity contribution is 0.569. The maximum atomic E-state index is 12.1. The number of hydrogen-bond acceptors (Lipinski definition) is 6. The zero-order valence-corrected chi connectivity index (χ0v) is 18.8. The second-order valence-electron chi connectivity index (χ2n) is 7.85. The highest BCUT2D eigenvalue weighted by Gasteiger charge is 2.13. The number of rotatable bonds is 8. The Hall–Kier alpha value is -3.36. The van der Waals surface area contributed by atoms with Gasteiger partial charge < -0.3 is 5.32 Å². The summed E-state index contributed by atoms with van der Waals surface area (Å²) in [6.07, 6.45) is 3.44. The quantitative estimate of drug-likeness (QED) is 0.422. The van der Waals surface area contributed by atoms with Gasteiger partial charge in [-0.05, 0) is 49.2 Å². The van der Waals surface area contributed by atoms with E-state index in [4.69, 9.17) is 4.98 Å². The van der Waals surface area contributed by atoms with Crippen molar-refractivity contribution in [1.82, 2.24) is 19.7 Å². The Kier molecular flexibility index (Phi) is 6.43. The Balaban J connectivity index is 1.53. The molecule has 8 heteroatoms. The van der Waals surface area contributed by atoms with Gasteiger partial charge in [-0.2, -0.15) is 0 Å². The van der Waals surface area contributed by atoms with E-state index in [1.54, 1.807) is 12.4 Å². The van der Waals surface area contributed by atoms with E-state index in [2.05, 4.69) is 20.0 Å². The molecule has 0 saturated heterocycles. The third-order valence-corrected chi connectivity index (χ3v) is 6.34. The summed E-state index contributed by atoms with van der Waals surface area (Å²) < 4.78 is 26.9.